The first-order chi connectivity index (χ1) is 24.0. The van der Waals surface area contributed by atoms with Gasteiger partial charge in [-0.1, -0.05) is 24.3 Å². The molecule has 18 heteroatoms. The zero-order chi connectivity index (χ0) is 35.9. The number of carbonyl (C=O) groups excluding carboxylic acids is 2. The lowest BCUT2D eigenvalue weighted by atomic mass is 9.64. The minimum Gasteiger partial charge on any atom is -0.535 e. The summed E-state index contributed by atoms with van der Waals surface area (Å²) in [6.45, 7) is 1.88. The lowest BCUT2D eigenvalue weighted by Gasteiger charge is -2.28. The summed E-state index contributed by atoms with van der Waals surface area (Å²) in [5.74, 6) is -3.22. The van der Waals surface area contributed by atoms with Crippen LogP contribution in [0, 0.1) is 0 Å². The maximum atomic E-state index is 12.5. The summed E-state index contributed by atoms with van der Waals surface area (Å²) in [4.78, 5) is 55.5. The molecule has 2 aromatic carbocycles. The molecule has 0 saturated heterocycles. The van der Waals surface area contributed by atoms with Crippen molar-refractivity contribution >= 4 is 37.7 Å². The molecule has 2 atom stereocenters. The summed E-state index contributed by atoms with van der Waals surface area (Å²) in [6, 6.07) is 9.56. The number of aromatic carboxylic acids is 2. The molecule has 4 aromatic rings. The molecule has 2 aliphatic rings. The third-order valence-electron chi connectivity index (χ3n) is 8.47. The Bertz CT molecular complexity index is 1880. The predicted molar refractivity (Wildman–Crippen MR) is 179 cm³/mol. The lowest BCUT2D eigenvalue weighted by Crippen LogP contribution is -2.36. The van der Waals surface area contributed by atoms with Gasteiger partial charge in [0.15, 0.2) is 11.6 Å². The molecular formula is C32H36B2N6O10. The molecular weight excluding hydrogens is 650 g/mol. The van der Waals surface area contributed by atoms with E-state index in [4.69, 9.17) is 20.8 Å². The van der Waals surface area contributed by atoms with Gasteiger partial charge in [0.1, 0.15) is 22.9 Å². The lowest BCUT2D eigenvalue weighted by molar-refractivity contribution is 0.0682. The minimum atomic E-state index is -1.25. The molecule has 0 saturated carbocycles. The van der Waals surface area contributed by atoms with Crippen molar-refractivity contribution in [1.82, 2.24) is 19.1 Å². The quantitative estimate of drug-likeness (QED) is 0.0905. The monoisotopic (exact) mass is 686 g/mol. The van der Waals surface area contributed by atoms with Crippen molar-refractivity contribution in [2.24, 2.45) is 11.5 Å². The van der Waals surface area contributed by atoms with Gasteiger partial charge in [-0.25, -0.2) is 19.6 Å². The van der Waals surface area contributed by atoms with E-state index in [1.807, 2.05) is 0 Å². The zero-order valence-electron chi connectivity index (χ0n) is 26.9. The summed E-state index contributed by atoms with van der Waals surface area (Å²) in [6.07, 6.45) is 7.02. The van der Waals surface area contributed by atoms with Crippen LogP contribution < -0.4 is 20.8 Å². The molecule has 50 heavy (non-hydrogen) atoms. The van der Waals surface area contributed by atoms with Gasteiger partial charge < -0.3 is 50.2 Å². The largest absolute Gasteiger partial charge is 0.535 e. The Hall–Kier alpha value is -5.29. The van der Waals surface area contributed by atoms with Crippen molar-refractivity contribution in [3.05, 3.63) is 95.1 Å². The average Bonchev–Trinajstić information content (AvgIpc) is 3.76. The van der Waals surface area contributed by atoms with E-state index >= 15 is 0 Å². The van der Waals surface area contributed by atoms with Gasteiger partial charge in [-0.05, 0) is 36.1 Å². The van der Waals surface area contributed by atoms with Gasteiger partial charge in [-0.2, -0.15) is 0 Å². The van der Waals surface area contributed by atoms with E-state index in [1.54, 1.807) is 52.3 Å². The van der Waals surface area contributed by atoms with Crippen LogP contribution in [0.5, 0.6) is 11.5 Å². The molecule has 0 fully saturated rings. The number of carboxylic acids is 2. The second kappa shape index (κ2) is 15.9. The summed E-state index contributed by atoms with van der Waals surface area (Å²) in [5.41, 5.74) is 13.1. The van der Waals surface area contributed by atoms with Crippen LogP contribution in [0.2, 0.25) is 11.6 Å². The average molecular weight is 686 g/mol. The van der Waals surface area contributed by atoms with Crippen molar-refractivity contribution in [3.8, 4) is 11.5 Å². The summed E-state index contributed by atoms with van der Waals surface area (Å²) < 4.78 is 14.2. The number of hydrogen-bond donors (Lipinski definition) is 6. The second-order valence-corrected chi connectivity index (χ2v) is 11.9. The van der Waals surface area contributed by atoms with E-state index in [0.29, 0.717) is 61.5 Å². The minimum absolute atomic E-state index is 0.00172. The predicted octanol–water partition coefficient (Wildman–Crippen LogP) is 1.20. The highest BCUT2D eigenvalue weighted by atomic mass is 16.5. The van der Waals surface area contributed by atoms with Crippen LogP contribution in [0.25, 0.3) is 0 Å². The van der Waals surface area contributed by atoms with Crippen LogP contribution in [0.3, 0.4) is 0 Å². The smallest absolute Gasteiger partial charge is 0.526 e. The summed E-state index contributed by atoms with van der Waals surface area (Å²) >= 11 is 0. The maximum Gasteiger partial charge on any atom is 0.526 e. The van der Waals surface area contributed by atoms with Crippen molar-refractivity contribution in [1.29, 1.82) is 0 Å². The van der Waals surface area contributed by atoms with E-state index < -0.39 is 37.8 Å². The van der Waals surface area contributed by atoms with Crippen molar-refractivity contribution in [2.75, 3.05) is 13.1 Å². The van der Waals surface area contributed by atoms with Crippen molar-refractivity contribution in [2.45, 2.75) is 50.4 Å². The van der Waals surface area contributed by atoms with Crippen LogP contribution in [0.4, 0.5) is 0 Å². The van der Waals surface area contributed by atoms with Crippen LogP contribution >= 0.6 is 0 Å². The Labute approximate surface area is 286 Å². The Kier molecular flexibility index (Phi) is 11.5. The Morgan fingerprint density at radius 1 is 0.800 bits per heavy atom. The van der Waals surface area contributed by atoms with Gasteiger partial charge in [0.05, 0.1) is 30.0 Å². The molecule has 2 aliphatic heterocycles. The highest BCUT2D eigenvalue weighted by Crippen LogP contribution is 2.38. The fourth-order valence-corrected chi connectivity index (χ4v) is 5.98. The molecule has 8 N–H and O–H groups in total. The number of fused-ring (bicyclic) bond motifs is 2. The first kappa shape index (κ1) is 36.0. The van der Waals surface area contributed by atoms with E-state index in [-0.39, 0.29) is 47.0 Å². The van der Waals surface area contributed by atoms with Crippen LogP contribution in [0.1, 0.15) is 65.7 Å². The topological polar surface area (TPSA) is 255 Å². The van der Waals surface area contributed by atoms with Crippen LogP contribution in [-0.2, 0) is 25.9 Å². The molecule has 0 bridgehead atoms. The number of hydrogen-bond acceptors (Lipinski definition) is 12. The number of carboxylic acid groups (broad SMARTS) is 2. The number of Topliss-reactive ketones (excluding diaryl/α,β-unsaturated/α-hetero) is 2. The number of nitrogens with two attached hydrogens (primary N) is 2. The second-order valence-electron chi connectivity index (χ2n) is 11.9. The molecule has 6 rings (SSSR count). The van der Waals surface area contributed by atoms with Crippen LogP contribution in [-0.4, -0.2) is 90.2 Å². The number of aromatic nitrogens is 4. The van der Waals surface area contributed by atoms with E-state index in [1.165, 1.54) is 18.3 Å². The molecule has 0 amide bonds. The number of para-hydroxylation sites is 2. The number of rotatable bonds is 12. The van der Waals surface area contributed by atoms with Gasteiger partial charge in [0.25, 0.3) is 0 Å². The zero-order valence-corrected chi connectivity index (χ0v) is 26.9. The highest BCUT2D eigenvalue weighted by Gasteiger charge is 2.39. The van der Waals surface area contributed by atoms with Gasteiger partial charge >= 0.3 is 26.2 Å². The van der Waals surface area contributed by atoms with E-state index in [2.05, 4.69) is 9.97 Å². The maximum absolute atomic E-state index is 12.5. The Morgan fingerprint density at radius 3 is 1.86 bits per heavy atom. The molecule has 4 heterocycles. The molecule has 0 aliphatic carbocycles. The normalized spacial score (nSPS) is 16.2. The van der Waals surface area contributed by atoms with Gasteiger partial charge in [-0.15, -0.1) is 0 Å². The molecule has 0 spiro atoms. The molecule has 0 unspecified atom stereocenters. The van der Waals surface area contributed by atoms with Crippen molar-refractivity contribution < 1.29 is 48.7 Å². The first-order valence-electron chi connectivity index (χ1n) is 15.9. The molecule has 260 valence electrons. The van der Waals surface area contributed by atoms with Crippen molar-refractivity contribution in [3.63, 3.8) is 0 Å². The highest BCUT2D eigenvalue weighted by molar-refractivity contribution is 6.47. The van der Waals surface area contributed by atoms with Gasteiger partial charge in [0, 0.05) is 56.9 Å². The Morgan fingerprint density at radius 2 is 1.34 bits per heavy atom. The number of nitrogens with zero attached hydrogens (tertiary/aromatic N) is 4. The summed E-state index contributed by atoms with van der Waals surface area (Å²) in [7, 11) is -2.49. The number of benzene rings is 2. The fourth-order valence-electron chi connectivity index (χ4n) is 5.98. The SMILES string of the molecule is NCCn1cnc(C(=O)C[C@H]2Cc3cccc(C(=O)O)c3OB2O)c1.NCCn1cncc1C(=O)C[C@H]1Cc2cccc(C(=O)O)c2OB1O. The molecule has 0 radical (unpaired) electrons. The number of ketones is 2. The number of carbonyl (C=O) groups is 4. The Balaban J connectivity index is 0.000000194. The van der Waals surface area contributed by atoms with E-state index in [0.717, 1.165) is 0 Å². The third kappa shape index (κ3) is 8.11. The van der Waals surface area contributed by atoms with E-state index in [9.17, 15) is 39.4 Å². The fraction of sp³-hybridized carbons (Fsp3) is 0.312. The molecule has 2 aromatic heterocycles. The van der Waals surface area contributed by atoms with Crippen LogP contribution in [0.15, 0.2) is 61.4 Å². The van der Waals surface area contributed by atoms with Gasteiger partial charge in [0.2, 0.25) is 0 Å². The van der Waals surface area contributed by atoms with Gasteiger partial charge in [-0.3, -0.25) is 9.59 Å². The summed E-state index contributed by atoms with van der Waals surface area (Å²) in [5, 5.41) is 38.8. The third-order valence-corrected chi connectivity index (χ3v) is 8.47. The standard InChI is InChI=1S/2C16H18BN3O5/c18-4-5-20-8-13(19-9-20)14(21)7-11-6-10-2-1-3-12(16(22)23)15(10)25-17(11)24;18-4-5-20-9-19-8-13(20)14(21)7-11-6-10-2-1-3-12(16(22)23)15(10)25-17(11)24/h2*1-3,8-9,11,24H,4-7,18H2,(H,22,23)/t2*11-/m11/s1. The first-order valence-corrected chi connectivity index (χ1v) is 15.9. The molecule has 16 nitrogen and oxygen atoms in total. The number of imidazole rings is 2.